The van der Waals surface area contributed by atoms with E-state index in [2.05, 4.69) is 16.9 Å². The van der Waals surface area contributed by atoms with Crippen molar-refractivity contribution in [2.45, 2.75) is 59.5 Å². The van der Waals surface area contributed by atoms with Gasteiger partial charge in [-0.15, -0.1) is 0 Å². The SMILES string of the molecule is CCc1c[nH]c(CCC(=O)C(C)=NC(=O)OC(C)(C)C)c1. The zero-order valence-corrected chi connectivity index (χ0v) is 13.4. The lowest BCUT2D eigenvalue weighted by atomic mass is 10.1. The van der Waals surface area contributed by atoms with Gasteiger partial charge in [0.15, 0.2) is 5.78 Å². The Balaban J connectivity index is 2.52. The monoisotopic (exact) mass is 292 g/mol. The van der Waals surface area contributed by atoms with Gasteiger partial charge in [0.2, 0.25) is 0 Å². The molecule has 1 N–H and O–H groups in total. The molecule has 0 saturated carbocycles. The highest BCUT2D eigenvalue weighted by Crippen LogP contribution is 2.09. The van der Waals surface area contributed by atoms with Crippen molar-refractivity contribution in [3.05, 3.63) is 23.5 Å². The second kappa shape index (κ2) is 7.20. The fourth-order valence-corrected chi connectivity index (χ4v) is 1.75. The van der Waals surface area contributed by atoms with Crippen LogP contribution in [0.5, 0.6) is 0 Å². The van der Waals surface area contributed by atoms with Crippen molar-refractivity contribution in [3.63, 3.8) is 0 Å². The van der Waals surface area contributed by atoms with E-state index in [-0.39, 0.29) is 11.5 Å². The first-order valence-corrected chi connectivity index (χ1v) is 7.19. The molecule has 0 fully saturated rings. The number of aliphatic imine (C=N–C) groups is 1. The number of nitrogens with one attached hydrogen (secondary N) is 1. The normalized spacial score (nSPS) is 12.3. The molecule has 5 heteroatoms. The second-order valence-electron chi connectivity index (χ2n) is 5.99. The zero-order valence-electron chi connectivity index (χ0n) is 13.4. The lowest BCUT2D eigenvalue weighted by molar-refractivity contribution is -0.113. The molecule has 116 valence electrons. The van der Waals surface area contributed by atoms with E-state index in [1.807, 2.05) is 12.3 Å². The van der Waals surface area contributed by atoms with E-state index in [0.29, 0.717) is 12.8 Å². The van der Waals surface area contributed by atoms with Gasteiger partial charge in [-0.2, -0.15) is 4.99 Å². The van der Waals surface area contributed by atoms with E-state index >= 15 is 0 Å². The van der Waals surface area contributed by atoms with E-state index in [4.69, 9.17) is 4.74 Å². The van der Waals surface area contributed by atoms with Gasteiger partial charge < -0.3 is 9.72 Å². The van der Waals surface area contributed by atoms with Gasteiger partial charge >= 0.3 is 6.09 Å². The number of aromatic amines is 1. The summed E-state index contributed by atoms with van der Waals surface area (Å²) in [5, 5.41) is 0. The molecule has 0 spiro atoms. The molecule has 0 aliphatic carbocycles. The number of Topliss-reactive ketones (excluding diaryl/α,β-unsaturated/α-hetero) is 1. The Morgan fingerprint density at radius 1 is 1.33 bits per heavy atom. The molecule has 1 rings (SSSR count). The number of hydrogen-bond acceptors (Lipinski definition) is 3. The van der Waals surface area contributed by atoms with E-state index in [1.165, 1.54) is 5.56 Å². The number of rotatable bonds is 5. The van der Waals surface area contributed by atoms with Gasteiger partial charge in [-0.25, -0.2) is 4.79 Å². The van der Waals surface area contributed by atoms with Crippen molar-refractivity contribution in [1.82, 2.24) is 4.98 Å². The summed E-state index contributed by atoms with van der Waals surface area (Å²) in [6.45, 7) is 8.89. The molecule has 21 heavy (non-hydrogen) atoms. The van der Waals surface area contributed by atoms with Crippen LogP contribution in [0.1, 0.15) is 52.3 Å². The van der Waals surface area contributed by atoms with E-state index in [9.17, 15) is 9.59 Å². The summed E-state index contributed by atoms with van der Waals surface area (Å²) in [5.41, 5.74) is 1.82. The molecule has 0 aliphatic rings. The first-order valence-electron chi connectivity index (χ1n) is 7.19. The molecular formula is C16H24N2O3. The summed E-state index contributed by atoms with van der Waals surface area (Å²) in [4.78, 5) is 30.3. The van der Waals surface area contributed by atoms with Crippen molar-refractivity contribution in [2.75, 3.05) is 0 Å². The minimum Gasteiger partial charge on any atom is -0.442 e. The minimum absolute atomic E-state index is 0.145. The Bertz CT molecular complexity index is 536. The van der Waals surface area contributed by atoms with Crippen molar-refractivity contribution >= 4 is 17.6 Å². The average molecular weight is 292 g/mol. The standard InChI is InChI=1S/C16H24N2O3/c1-6-12-9-13(17-10-12)7-8-14(19)11(2)18-15(20)21-16(3,4)5/h9-10,17H,6-8H2,1-5H3. The largest absolute Gasteiger partial charge is 0.442 e. The third kappa shape index (κ3) is 6.38. The lowest BCUT2D eigenvalue weighted by Gasteiger charge is -2.17. The highest BCUT2D eigenvalue weighted by molar-refractivity contribution is 6.40. The van der Waals surface area contributed by atoms with Crippen LogP contribution < -0.4 is 0 Å². The van der Waals surface area contributed by atoms with Crippen LogP contribution in [0.2, 0.25) is 0 Å². The number of aromatic nitrogens is 1. The number of H-pyrrole nitrogens is 1. The van der Waals surface area contributed by atoms with Crippen LogP contribution in [-0.4, -0.2) is 28.2 Å². The van der Waals surface area contributed by atoms with Gasteiger partial charge in [-0.3, -0.25) is 4.79 Å². The fourth-order valence-electron chi connectivity index (χ4n) is 1.75. The number of aryl methyl sites for hydroxylation is 2. The van der Waals surface area contributed by atoms with Crippen LogP contribution in [0.4, 0.5) is 4.79 Å². The minimum atomic E-state index is -0.721. The number of carbonyl (C=O) groups excluding carboxylic acids is 2. The Morgan fingerprint density at radius 2 is 2.00 bits per heavy atom. The molecule has 0 radical (unpaired) electrons. The number of nitrogens with zero attached hydrogens (tertiary/aromatic N) is 1. The summed E-state index contributed by atoms with van der Waals surface area (Å²) >= 11 is 0. The maximum atomic E-state index is 11.9. The van der Waals surface area contributed by atoms with Crippen molar-refractivity contribution < 1.29 is 14.3 Å². The van der Waals surface area contributed by atoms with Crippen LogP contribution in [0.3, 0.4) is 0 Å². The number of amides is 1. The molecule has 0 unspecified atom stereocenters. The van der Waals surface area contributed by atoms with Crippen LogP contribution in [0.25, 0.3) is 0 Å². The number of ketones is 1. The number of hydrogen-bond donors (Lipinski definition) is 1. The number of carbonyl (C=O) groups is 2. The highest BCUT2D eigenvalue weighted by Gasteiger charge is 2.17. The van der Waals surface area contributed by atoms with Gasteiger partial charge in [0.1, 0.15) is 5.60 Å². The van der Waals surface area contributed by atoms with Gasteiger partial charge in [0, 0.05) is 18.3 Å². The first-order chi connectivity index (χ1) is 9.71. The fraction of sp³-hybridized carbons (Fsp3) is 0.562. The molecule has 1 amide bonds. The topological polar surface area (TPSA) is 71.5 Å². The van der Waals surface area contributed by atoms with E-state index < -0.39 is 11.7 Å². The molecule has 0 aromatic carbocycles. The third-order valence-electron chi connectivity index (χ3n) is 2.89. The van der Waals surface area contributed by atoms with Crippen LogP contribution in [0.15, 0.2) is 17.3 Å². The predicted molar refractivity (Wildman–Crippen MR) is 82.8 cm³/mol. The summed E-state index contributed by atoms with van der Waals surface area (Å²) in [5.74, 6) is -0.145. The van der Waals surface area contributed by atoms with Crippen LogP contribution in [-0.2, 0) is 22.4 Å². The Kier molecular flexibility index (Phi) is 5.88. The molecule has 1 heterocycles. The molecular weight excluding hydrogens is 268 g/mol. The number of ether oxygens (including phenoxy) is 1. The highest BCUT2D eigenvalue weighted by atomic mass is 16.6. The van der Waals surface area contributed by atoms with Crippen molar-refractivity contribution in [1.29, 1.82) is 0 Å². The summed E-state index contributed by atoms with van der Waals surface area (Å²) in [6.07, 6.45) is 3.12. The first kappa shape index (κ1) is 17.1. The molecule has 1 aromatic heterocycles. The molecule has 0 saturated heterocycles. The molecule has 0 aliphatic heterocycles. The van der Waals surface area contributed by atoms with Gasteiger partial charge in [-0.05, 0) is 52.2 Å². The Morgan fingerprint density at radius 3 is 2.52 bits per heavy atom. The van der Waals surface area contributed by atoms with Crippen LogP contribution in [0, 0.1) is 0 Å². The predicted octanol–water partition coefficient (Wildman–Crippen LogP) is 3.47. The van der Waals surface area contributed by atoms with Gasteiger partial charge in [0.25, 0.3) is 0 Å². The second-order valence-corrected chi connectivity index (χ2v) is 5.99. The molecule has 5 nitrogen and oxygen atoms in total. The summed E-state index contributed by atoms with van der Waals surface area (Å²) < 4.78 is 5.05. The van der Waals surface area contributed by atoms with Gasteiger partial charge in [-0.1, -0.05) is 6.92 Å². The molecule has 1 aromatic rings. The Labute approximate surface area is 125 Å². The maximum Gasteiger partial charge on any atom is 0.434 e. The van der Waals surface area contributed by atoms with E-state index in [0.717, 1.165) is 12.1 Å². The van der Waals surface area contributed by atoms with Crippen LogP contribution >= 0.6 is 0 Å². The van der Waals surface area contributed by atoms with Crippen molar-refractivity contribution in [2.24, 2.45) is 4.99 Å². The van der Waals surface area contributed by atoms with Gasteiger partial charge in [0.05, 0.1) is 5.71 Å². The summed E-state index contributed by atoms with van der Waals surface area (Å²) in [7, 11) is 0. The van der Waals surface area contributed by atoms with Crippen molar-refractivity contribution in [3.8, 4) is 0 Å². The zero-order chi connectivity index (χ0) is 16.0. The maximum absolute atomic E-state index is 11.9. The average Bonchev–Trinajstić information content (AvgIpc) is 2.81. The smallest absolute Gasteiger partial charge is 0.434 e. The third-order valence-corrected chi connectivity index (χ3v) is 2.89. The van der Waals surface area contributed by atoms with E-state index in [1.54, 1.807) is 27.7 Å². The quantitative estimate of drug-likeness (QED) is 0.844. The summed E-state index contributed by atoms with van der Waals surface area (Å²) in [6, 6.07) is 2.05. The lowest BCUT2D eigenvalue weighted by Crippen LogP contribution is -2.23. The molecule has 0 bridgehead atoms. The Hall–Kier alpha value is -1.91. The molecule has 0 atom stereocenters.